The smallest absolute Gasteiger partial charge is 0.248 e. The fourth-order valence-corrected chi connectivity index (χ4v) is 6.26. The molecule has 7 heteroatoms. The maximum absolute atomic E-state index is 13.1. The highest BCUT2D eigenvalue weighted by Crippen LogP contribution is 2.60. The van der Waals surface area contributed by atoms with Crippen molar-refractivity contribution in [3.63, 3.8) is 0 Å². The Hall–Kier alpha value is -1.18. The minimum atomic E-state index is -2.51. The first-order valence-electron chi connectivity index (χ1n) is 10.9. The predicted octanol–water partition coefficient (Wildman–Crippen LogP) is 4.72. The average molecular weight is 437 g/mol. The third kappa shape index (κ3) is 3.19. The normalized spacial score (nSPS) is 34.1. The molecular formula is C23H30F2N2O2S. The average Bonchev–Trinajstić information content (AvgIpc) is 3.13. The Balaban J connectivity index is 1.43. The Labute approximate surface area is 182 Å². The number of ether oxygens (including phenoxy) is 2. The van der Waals surface area contributed by atoms with Gasteiger partial charge < -0.3 is 9.47 Å². The van der Waals surface area contributed by atoms with Crippen molar-refractivity contribution < 1.29 is 18.3 Å². The first kappa shape index (κ1) is 20.7. The molecule has 4 nitrogen and oxygen atoms in total. The third-order valence-corrected chi connectivity index (χ3v) is 8.24. The van der Waals surface area contributed by atoms with Crippen LogP contribution in [-0.2, 0) is 16.8 Å². The van der Waals surface area contributed by atoms with Gasteiger partial charge in [0.2, 0.25) is 5.92 Å². The zero-order chi connectivity index (χ0) is 21.1. The SMILES string of the molecule is COC1CCC2(CC1)Cc1ccc(OCC3CC(F)(F)C3)cc1C21N=C(C)C(S)N1. The van der Waals surface area contributed by atoms with E-state index in [1.54, 1.807) is 7.11 Å². The summed E-state index contributed by atoms with van der Waals surface area (Å²) in [5.41, 5.74) is 2.95. The van der Waals surface area contributed by atoms with Gasteiger partial charge in [-0.25, -0.2) is 8.78 Å². The van der Waals surface area contributed by atoms with Crippen LogP contribution in [-0.4, -0.2) is 36.8 Å². The van der Waals surface area contributed by atoms with Gasteiger partial charge in [-0.1, -0.05) is 6.07 Å². The Bertz CT molecular complexity index is 861. The van der Waals surface area contributed by atoms with Gasteiger partial charge in [0.05, 0.1) is 18.1 Å². The van der Waals surface area contributed by atoms with E-state index >= 15 is 0 Å². The van der Waals surface area contributed by atoms with E-state index in [1.165, 1.54) is 5.56 Å². The van der Waals surface area contributed by atoms with Gasteiger partial charge in [-0.15, -0.1) is 0 Å². The Morgan fingerprint density at radius 2 is 1.97 bits per heavy atom. The first-order chi connectivity index (χ1) is 14.3. The van der Waals surface area contributed by atoms with E-state index in [0.717, 1.165) is 49.1 Å². The molecule has 0 amide bonds. The minimum Gasteiger partial charge on any atom is -0.493 e. The number of thiol groups is 1. The van der Waals surface area contributed by atoms with Crippen LogP contribution in [0, 0.1) is 11.3 Å². The zero-order valence-electron chi connectivity index (χ0n) is 17.6. The van der Waals surface area contributed by atoms with Gasteiger partial charge in [-0.3, -0.25) is 10.3 Å². The number of aliphatic imine (C=N–C) groups is 1. The molecule has 5 rings (SSSR count). The molecule has 1 aromatic carbocycles. The quantitative estimate of drug-likeness (QED) is 0.672. The van der Waals surface area contributed by atoms with E-state index in [-0.39, 0.29) is 29.5 Å². The lowest BCUT2D eigenvalue weighted by Gasteiger charge is -2.46. The predicted molar refractivity (Wildman–Crippen MR) is 116 cm³/mol. The molecule has 3 aliphatic carbocycles. The lowest BCUT2D eigenvalue weighted by molar-refractivity contribution is -0.119. The number of nitrogens with zero attached hydrogens (tertiary/aromatic N) is 1. The Morgan fingerprint density at radius 3 is 2.57 bits per heavy atom. The molecule has 164 valence electrons. The van der Waals surface area contributed by atoms with Gasteiger partial charge in [0, 0.05) is 42.6 Å². The third-order valence-electron chi connectivity index (χ3n) is 7.74. The summed E-state index contributed by atoms with van der Waals surface area (Å²) in [6.45, 7) is 2.37. The van der Waals surface area contributed by atoms with Crippen molar-refractivity contribution in [1.29, 1.82) is 0 Å². The molecule has 1 heterocycles. The number of hydrogen-bond acceptors (Lipinski definition) is 5. The van der Waals surface area contributed by atoms with Crippen LogP contribution in [0.4, 0.5) is 8.78 Å². The van der Waals surface area contributed by atoms with E-state index < -0.39 is 11.6 Å². The van der Waals surface area contributed by atoms with Crippen LogP contribution in [0.3, 0.4) is 0 Å². The number of hydrogen-bond donors (Lipinski definition) is 2. The minimum absolute atomic E-state index is 0.00223. The van der Waals surface area contributed by atoms with E-state index in [0.29, 0.717) is 12.7 Å². The summed E-state index contributed by atoms with van der Waals surface area (Å²) in [6.07, 6.45) is 5.27. The van der Waals surface area contributed by atoms with Crippen LogP contribution in [0.5, 0.6) is 5.75 Å². The van der Waals surface area contributed by atoms with Crippen molar-refractivity contribution in [2.45, 2.75) is 74.9 Å². The lowest BCUT2D eigenvalue weighted by Crippen LogP contribution is -2.53. The fourth-order valence-electron chi connectivity index (χ4n) is 6.02. The number of rotatable bonds is 4. The molecule has 0 saturated heterocycles. The molecule has 2 saturated carbocycles. The van der Waals surface area contributed by atoms with Gasteiger partial charge in [-0.2, -0.15) is 12.6 Å². The van der Waals surface area contributed by atoms with Crippen LogP contribution in [0.2, 0.25) is 0 Å². The number of benzene rings is 1. The maximum atomic E-state index is 13.1. The molecule has 1 aliphatic heterocycles. The van der Waals surface area contributed by atoms with Crippen LogP contribution in [0.15, 0.2) is 23.2 Å². The highest BCUT2D eigenvalue weighted by molar-refractivity contribution is 7.81. The molecule has 2 fully saturated rings. The first-order valence-corrected chi connectivity index (χ1v) is 11.5. The van der Waals surface area contributed by atoms with Crippen molar-refractivity contribution in [2.75, 3.05) is 13.7 Å². The molecule has 30 heavy (non-hydrogen) atoms. The van der Waals surface area contributed by atoms with Gasteiger partial charge in [0.1, 0.15) is 11.4 Å². The van der Waals surface area contributed by atoms with Gasteiger partial charge in [0.25, 0.3) is 0 Å². The topological polar surface area (TPSA) is 42.9 Å². The van der Waals surface area contributed by atoms with E-state index in [2.05, 4.69) is 17.4 Å². The number of alkyl halides is 2. The molecular weight excluding hydrogens is 406 g/mol. The Kier molecular flexibility index (Phi) is 4.95. The summed E-state index contributed by atoms with van der Waals surface area (Å²) in [4.78, 5) is 5.19. The van der Waals surface area contributed by atoms with Crippen LogP contribution in [0.1, 0.15) is 56.6 Å². The fraction of sp³-hybridized carbons (Fsp3) is 0.696. The van der Waals surface area contributed by atoms with Crippen LogP contribution < -0.4 is 10.1 Å². The number of halogens is 2. The van der Waals surface area contributed by atoms with E-state index in [9.17, 15) is 8.78 Å². The van der Waals surface area contributed by atoms with Crippen LogP contribution >= 0.6 is 12.6 Å². The number of methoxy groups -OCH3 is 1. The largest absolute Gasteiger partial charge is 0.493 e. The second-order valence-corrected chi connectivity index (χ2v) is 10.2. The zero-order valence-corrected chi connectivity index (χ0v) is 18.5. The molecule has 2 unspecified atom stereocenters. The molecule has 0 bridgehead atoms. The summed E-state index contributed by atoms with van der Waals surface area (Å²) in [6, 6.07) is 6.20. The summed E-state index contributed by atoms with van der Waals surface area (Å²) in [7, 11) is 1.79. The molecule has 0 radical (unpaired) electrons. The summed E-state index contributed by atoms with van der Waals surface area (Å²) < 4.78 is 37.8. The van der Waals surface area contributed by atoms with E-state index in [4.69, 9.17) is 27.1 Å². The van der Waals surface area contributed by atoms with Gasteiger partial charge in [0.15, 0.2) is 0 Å². The summed E-state index contributed by atoms with van der Waals surface area (Å²) >= 11 is 4.73. The van der Waals surface area contributed by atoms with Crippen molar-refractivity contribution >= 4 is 18.3 Å². The molecule has 2 spiro atoms. The van der Waals surface area contributed by atoms with Gasteiger partial charge >= 0.3 is 0 Å². The molecule has 2 atom stereocenters. The van der Waals surface area contributed by atoms with E-state index in [1.807, 2.05) is 13.0 Å². The second kappa shape index (κ2) is 7.17. The lowest BCUT2D eigenvalue weighted by atomic mass is 9.65. The highest BCUT2D eigenvalue weighted by atomic mass is 32.1. The number of nitrogens with one attached hydrogen (secondary N) is 1. The maximum Gasteiger partial charge on any atom is 0.248 e. The van der Waals surface area contributed by atoms with Crippen molar-refractivity contribution in [1.82, 2.24) is 5.32 Å². The molecule has 0 aromatic heterocycles. The highest BCUT2D eigenvalue weighted by Gasteiger charge is 2.61. The van der Waals surface area contributed by atoms with Crippen LogP contribution in [0.25, 0.3) is 0 Å². The summed E-state index contributed by atoms with van der Waals surface area (Å²) in [5.74, 6) is -1.83. The van der Waals surface area contributed by atoms with Gasteiger partial charge in [-0.05, 0) is 56.7 Å². The monoisotopic (exact) mass is 436 g/mol. The Morgan fingerprint density at radius 1 is 1.23 bits per heavy atom. The molecule has 1 N–H and O–H groups in total. The van der Waals surface area contributed by atoms with Crippen molar-refractivity contribution in [2.24, 2.45) is 16.3 Å². The number of fused-ring (bicyclic) bond motifs is 3. The molecule has 4 aliphatic rings. The second-order valence-electron chi connectivity index (χ2n) is 9.66. The van der Waals surface area contributed by atoms with Crippen molar-refractivity contribution in [3.8, 4) is 5.75 Å². The standard InChI is InChI=1S/C23H30F2N2O2S/c1-14-20(30)27-23(26-14)19-9-18(29-13-15-10-22(24,25)11-15)4-3-16(19)12-21(23)7-5-17(28-2)6-8-21/h3-4,9,15,17,20,27,30H,5-8,10-13H2,1-2H3. The molecule has 1 aromatic rings. The summed E-state index contributed by atoms with van der Waals surface area (Å²) in [5, 5.41) is 3.64. The van der Waals surface area contributed by atoms with Crippen molar-refractivity contribution in [3.05, 3.63) is 29.3 Å².